The number of carbonyl (C=O) groups excluding carboxylic acids is 1. The first-order valence-corrected chi connectivity index (χ1v) is 5.76. The van der Waals surface area contributed by atoms with E-state index in [9.17, 15) is 4.79 Å². The van der Waals surface area contributed by atoms with Crippen molar-refractivity contribution in [3.63, 3.8) is 0 Å². The molecule has 0 bridgehead atoms. The van der Waals surface area contributed by atoms with Gasteiger partial charge in [-0.25, -0.2) is 4.79 Å². The second-order valence-electron chi connectivity index (χ2n) is 4.09. The first-order chi connectivity index (χ1) is 8.29. The zero-order chi connectivity index (χ0) is 12.1. The third-order valence-corrected chi connectivity index (χ3v) is 2.80. The number of hydrogen-bond acceptors (Lipinski definition) is 5. The standard InChI is InChI=1S/C12H17NO4/c1-15-12(14)9-5-11(17-7-9)6-13-10-3-2-4-16-8-10/h5,7,10,13H,2-4,6,8H2,1H3. The molecule has 5 nitrogen and oxygen atoms in total. The molecule has 94 valence electrons. The molecule has 1 atom stereocenters. The lowest BCUT2D eigenvalue weighted by Gasteiger charge is -2.22. The smallest absolute Gasteiger partial charge is 0.341 e. The van der Waals surface area contributed by atoms with Gasteiger partial charge in [0.15, 0.2) is 0 Å². The SMILES string of the molecule is COC(=O)c1coc(CNC2CCCOC2)c1. The number of hydrogen-bond donors (Lipinski definition) is 1. The van der Waals surface area contributed by atoms with E-state index in [2.05, 4.69) is 10.1 Å². The van der Waals surface area contributed by atoms with Gasteiger partial charge in [-0.1, -0.05) is 0 Å². The topological polar surface area (TPSA) is 60.7 Å². The van der Waals surface area contributed by atoms with Gasteiger partial charge in [0, 0.05) is 12.6 Å². The Hall–Kier alpha value is -1.33. The van der Waals surface area contributed by atoms with Crippen molar-refractivity contribution < 1.29 is 18.7 Å². The molecule has 2 heterocycles. The number of nitrogens with one attached hydrogen (secondary N) is 1. The van der Waals surface area contributed by atoms with Crippen molar-refractivity contribution in [3.8, 4) is 0 Å². The van der Waals surface area contributed by atoms with Crippen LogP contribution in [-0.2, 0) is 16.0 Å². The van der Waals surface area contributed by atoms with Crippen LogP contribution in [0.3, 0.4) is 0 Å². The fraction of sp³-hybridized carbons (Fsp3) is 0.583. The van der Waals surface area contributed by atoms with Crippen LogP contribution >= 0.6 is 0 Å². The van der Waals surface area contributed by atoms with Gasteiger partial charge in [0.1, 0.15) is 12.0 Å². The minimum Gasteiger partial charge on any atom is -0.467 e. The minimum absolute atomic E-state index is 0.371. The van der Waals surface area contributed by atoms with Crippen LogP contribution in [0.1, 0.15) is 29.0 Å². The fourth-order valence-electron chi connectivity index (χ4n) is 1.84. The molecule has 0 spiro atoms. The number of methoxy groups -OCH3 is 1. The van der Waals surface area contributed by atoms with E-state index in [1.807, 2.05) is 0 Å². The van der Waals surface area contributed by atoms with Gasteiger partial charge >= 0.3 is 5.97 Å². The van der Waals surface area contributed by atoms with Crippen LogP contribution in [-0.4, -0.2) is 32.3 Å². The number of carbonyl (C=O) groups is 1. The van der Waals surface area contributed by atoms with Gasteiger partial charge in [0.2, 0.25) is 0 Å². The van der Waals surface area contributed by atoms with Crippen LogP contribution in [0.5, 0.6) is 0 Å². The molecule has 1 unspecified atom stereocenters. The Bertz CT molecular complexity index is 368. The lowest BCUT2D eigenvalue weighted by molar-refractivity contribution is 0.0600. The summed E-state index contributed by atoms with van der Waals surface area (Å²) in [7, 11) is 1.35. The summed E-state index contributed by atoms with van der Waals surface area (Å²) in [5.74, 6) is 0.358. The van der Waals surface area contributed by atoms with Crippen molar-refractivity contribution in [3.05, 3.63) is 23.7 Å². The van der Waals surface area contributed by atoms with E-state index in [0.717, 1.165) is 31.8 Å². The molecule has 1 fully saturated rings. The van der Waals surface area contributed by atoms with Gasteiger partial charge in [-0.05, 0) is 18.9 Å². The van der Waals surface area contributed by atoms with Gasteiger partial charge in [-0.2, -0.15) is 0 Å². The molecule has 17 heavy (non-hydrogen) atoms. The van der Waals surface area contributed by atoms with Gasteiger partial charge in [-0.3, -0.25) is 0 Å². The van der Waals surface area contributed by atoms with E-state index < -0.39 is 0 Å². The van der Waals surface area contributed by atoms with E-state index in [1.165, 1.54) is 13.4 Å². The Balaban J connectivity index is 1.82. The normalized spacial score (nSPS) is 20.2. The van der Waals surface area contributed by atoms with E-state index in [1.54, 1.807) is 6.07 Å². The van der Waals surface area contributed by atoms with Crippen LogP contribution in [0.15, 0.2) is 16.7 Å². The summed E-state index contributed by atoms with van der Waals surface area (Å²) >= 11 is 0. The summed E-state index contributed by atoms with van der Waals surface area (Å²) in [5, 5.41) is 3.34. The van der Waals surface area contributed by atoms with E-state index in [0.29, 0.717) is 18.2 Å². The highest BCUT2D eigenvalue weighted by atomic mass is 16.5. The fourth-order valence-corrected chi connectivity index (χ4v) is 1.84. The maximum Gasteiger partial charge on any atom is 0.341 e. The third kappa shape index (κ3) is 3.31. The van der Waals surface area contributed by atoms with Crippen LogP contribution in [0.4, 0.5) is 0 Å². The molecule has 2 rings (SSSR count). The molecule has 1 aliphatic heterocycles. The highest BCUT2D eigenvalue weighted by molar-refractivity contribution is 5.88. The molecule has 0 amide bonds. The van der Waals surface area contributed by atoms with Crippen molar-refractivity contribution >= 4 is 5.97 Å². The van der Waals surface area contributed by atoms with Crippen LogP contribution in [0, 0.1) is 0 Å². The quantitative estimate of drug-likeness (QED) is 0.803. The molecule has 0 aliphatic carbocycles. The highest BCUT2D eigenvalue weighted by Gasteiger charge is 2.15. The monoisotopic (exact) mass is 239 g/mol. The van der Waals surface area contributed by atoms with Crippen molar-refractivity contribution in [1.82, 2.24) is 5.32 Å². The molecule has 1 aromatic rings. The second kappa shape index (κ2) is 5.84. The van der Waals surface area contributed by atoms with E-state index >= 15 is 0 Å². The molecule has 1 aliphatic rings. The Kier molecular flexibility index (Phi) is 4.17. The third-order valence-electron chi connectivity index (χ3n) is 2.80. The zero-order valence-electron chi connectivity index (χ0n) is 9.90. The van der Waals surface area contributed by atoms with Crippen molar-refractivity contribution in [2.75, 3.05) is 20.3 Å². The summed E-state index contributed by atoms with van der Waals surface area (Å²) in [6.45, 7) is 2.20. The van der Waals surface area contributed by atoms with E-state index in [4.69, 9.17) is 9.15 Å². The molecule has 1 aromatic heterocycles. The van der Waals surface area contributed by atoms with Gasteiger partial charge in [-0.15, -0.1) is 0 Å². The largest absolute Gasteiger partial charge is 0.467 e. The van der Waals surface area contributed by atoms with E-state index in [-0.39, 0.29) is 5.97 Å². The molecule has 1 N–H and O–H groups in total. The molecule has 0 aromatic carbocycles. The Morgan fingerprint density at radius 1 is 1.65 bits per heavy atom. The van der Waals surface area contributed by atoms with Crippen LogP contribution in [0.25, 0.3) is 0 Å². The molecule has 1 saturated heterocycles. The first kappa shape index (κ1) is 12.1. The number of esters is 1. The minimum atomic E-state index is -0.374. The molecular formula is C12H17NO4. The van der Waals surface area contributed by atoms with Gasteiger partial charge in [0.25, 0.3) is 0 Å². The first-order valence-electron chi connectivity index (χ1n) is 5.76. The maximum atomic E-state index is 11.2. The highest BCUT2D eigenvalue weighted by Crippen LogP contribution is 2.11. The zero-order valence-corrected chi connectivity index (χ0v) is 9.90. The number of furan rings is 1. The number of rotatable bonds is 4. The predicted octanol–water partition coefficient (Wildman–Crippen LogP) is 1.33. The maximum absolute atomic E-state index is 11.2. The Morgan fingerprint density at radius 3 is 3.24 bits per heavy atom. The molecule has 0 saturated carbocycles. The van der Waals surface area contributed by atoms with Crippen LogP contribution < -0.4 is 5.32 Å². The Labute approximate surface area is 100 Å². The van der Waals surface area contributed by atoms with Gasteiger partial charge < -0.3 is 19.2 Å². The van der Waals surface area contributed by atoms with Crippen LogP contribution in [0.2, 0.25) is 0 Å². The lowest BCUT2D eigenvalue weighted by atomic mass is 10.1. The predicted molar refractivity (Wildman–Crippen MR) is 60.7 cm³/mol. The molecule has 5 heteroatoms. The Morgan fingerprint density at radius 2 is 2.53 bits per heavy atom. The van der Waals surface area contributed by atoms with Crippen molar-refractivity contribution in [2.45, 2.75) is 25.4 Å². The van der Waals surface area contributed by atoms with Gasteiger partial charge in [0.05, 0.1) is 25.8 Å². The second-order valence-corrected chi connectivity index (χ2v) is 4.09. The average molecular weight is 239 g/mol. The van der Waals surface area contributed by atoms with Crippen molar-refractivity contribution in [1.29, 1.82) is 0 Å². The summed E-state index contributed by atoms with van der Waals surface area (Å²) in [6, 6.07) is 2.07. The average Bonchev–Trinajstić information content (AvgIpc) is 2.85. The van der Waals surface area contributed by atoms with Crippen molar-refractivity contribution in [2.24, 2.45) is 0 Å². The summed E-state index contributed by atoms with van der Waals surface area (Å²) < 4.78 is 15.2. The molecule has 0 radical (unpaired) electrons. The summed E-state index contributed by atoms with van der Waals surface area (Å²) in [4.78, 5) is 11.2. The lowest BCUT2D eigenvalue weighted by Crippen LogP contribution is -2.36. The molecular weight excluding hydrogens is 222 g/mol. The summed E-state index contributed by atoms with van der Waals surface area (Å²) in [6.07, 6.45) is 3.62. The number of ether oxygens (including phenoxy) is 2. The summed E-state index contributed by atoms with van der Waals surface area (Å²) in [5.41, 5.74) is 0.448.